The smallest absolute Gasteiger partial charge is 0.328 e. The molecule has 4 aromatic rings. The van der Waals surface area contributed by atoms with E-state index in [0.717, 1.165) is 11.1 Å². The number of hydrogen-bond donors (Lipinski definition) is 1. The molecular weight excluding hydrogens is 479 g/mol. The number of nitrogens with zero attached hydrogens (tertiary/aromatic N) is 3. The van der Waals surface area contributed by atoms with Gasteiger partial charge in [0.1, 0.15) is 18.2 Å². The van der Waals surface area contributed by atoms with E-state index in [1.54, 1.807) is 68.7 Å². The Balaban J connectivity index is 1.42. The summed E-state index contributed by atoms with van der Waals surface area (Å²) in [6.45, 7) is 0.249. The number of halogens is 1. The number of Topliss-reactive ketones (excluding diaryl/α,β-unsaturated/α-hetero) is 1. The molecule has 7 nitrogen and oxygen atoms in total. The molecule has 2 aromatic carbocycles. The Bertz CT molecular complexity index is 1410. The Morgan fingerprint density at radius 1 is 1.19 bits per heavy atom. The molecule has 0 radical (unpaired) electrons. The molecule has 184 valence electrons. The van der Waals surface area contributed by atoms with Crippen LogP contribution in [-0.4, -0.2) is 52.2 Å². The molecular formula is C27H25FN4O3S. The molecule has 0 saturated carbocycles. The summed E-state index contributed by atoms with van der Waals surface area (Å²) in [4.78, 5) is 32.2. The van der Waals surface area contributed by atoms with Gasteiger partial charge < -0.3 is 9.64 Å². The van der Waals surface area contributed by atoms with Crippen molar-refractivity contribution < 1.29 is 18.7 Å². The number of thioether (sulfide) groups is 1. The third kappa shape index (κ3) is 4.84. The van der Waals surface area contributed by atoms with Crippen molar-refractivity contribution in [1.82, 2.24) is 19.8 Å². The third-order valence-corrected chi connectivity index (χ3v) is 7.30. The highest BCUT2D eigenvalue weighted by molar-refractivity contribution is 7.99. The summed E-state index contributed by atoms with van der Waals surface area (Å²) < 4.78 is 20.6. The zero-order chi connectivity index (χ0) is 25.2. The van der Waals surface area contributed by atoms with Crippen molar-refractivity contribution in [1.29, 1.82) is 0 Å². The molecule has 1 aliphatic rings. The fraction of sp³-hybridized carbons (Fsp3) is 0.222. The molecule has 3 heterocycles. The van der Waals surface area contributed by atoms with E-state index in [1.165, 1.54) is 21.6 Å². The van der Waals surface area contributed by atoms with Gasteiger partial charge in [0.2, 0.25) is 0 Å². The lowest BCUT2D eigenvalue weighted by Gasteiger charge is -2.12. The fourth-order valence-corrected chi connectivity index (χ4v) is 5.37. The molecule has 0 aliphatic carbocycles. The van der Waals surface area contributed by atoms with E-state index in [-0.39, 0.29) is 35.7 Å². The van der Waals surface area contributed by atoms with Gasteiger partial charge in [-0.05, 0) is 41.5 Å². The zero-order valence-electron chi connectivity index (χ0n) is 19.8. The van der Waals surface area contributed by atoms with Crippen LogP contribution in [0.2, 0.25) is 0 Å². The molecule has 2 aromatic heterocycles. The second-order valence-corrected chi connectivity index (χ2v) is 9.91. The van der Waals surface area contributed by atoms with Gasteiger partial charge in [0.15, 0.2) is 5.78 Å². The van der Waals surface area contributed by atoms with Crippen molar-refractivity contribution in [2.45, 2.75) is 18.0 Å². The lowest BCUT2D eigenvalue weighted by atomic mass is 10.0. The van der Waals surface area contributed by atoms with Crippen LogP contribution in [-0.2, 0) is 6.61 Å². The number of amides is 1. The van der Waals surface area contributed by atoms with Gasteiger partial charge >= 0.3 is 6.03 Å². The number of fused-ring (bicyclic) bond motifs is 1. The quantitative estimate of drug-likeness (QED) is 0.378. The van der Waals surface area contributed by atoms with E-state index in [2.05, 4.69) is 10.3 Å². The Morgan fingerprint density at radius 2 is 2.00 bits per heavy atom. The molecule has 2 atom stereocenters. The van der Waals surface area contributed by atoms with Crippen LogP contribution in [0.4, 0.5) is 9.18 Å². The maximum atomic E-state index is 13.6. The van der Waals surface area contributed by atoms with E-state index < -0.39 is 0 Å². The number of carbonyl (C=O) groups excluding carboxylic acids is 2. The molecule has 2 unspecified atom stereocenters. The van der Waals surface area contributed by atoms with E-state index in [4.69, 9.17) is 4.74 Å². The number of pyridine rings is 1. The van der Waals surface area contributed by atoms with Gasteiger partial charge in [-0.25, -0.2) is 9.18 Å². The van der Waals surface area contributed by atoms with Crippen molar-refractivity contribution in [3.8, 4) is 5.75 Å². The summed E-state index contributed by atoms with van der Waals surface area (Å²) in [6, 6.07) is 14.6. The van der Waals surface area contributed by atoms with Crippen molar-refractivity contribution >= 4 is 34.5 Å². The summed E-state index contributed by atoms with van der Waals surface area (Å²) in [5.41, 5.74) is 2.91. The first kappa shape index (κ1) is 24.0. The number of nitrogens with one attached hydrogen (secondary N) is 1. The molecule has 1 fully saturated rings. The molecule has 1 N–H and O–H groups in total. The molecule has 1 aliphatic heterocycles. The van der Waals surface area contributed by atoms with Crippen LogP contribution >= 0.6 is 11.8 Å². The van der Waals surface area contributed by atoms with Gasteiger partial charge in [-0.15, -0.1) is 11.8 Å². The number of ketones is 1. The topological polar surface area (TPSA) is 76.5 Å². The summed E-state index contributed by atoms with van der Waals surface area (Å²) in [5.74, 6) is 0.789. The molecule has 9 heteroatoms. The van der Waals surface area contributed by atoms with Crippen molar-refractivity contribution in [3.05, 3.63) is 95.7 Å². The Labute approximate surface area is 212 Å². The van der Waals surface area contributed by atoms with Crippen molar-refractivity contribution in [2.24, 2.45) is 0 Å². The molecule has 1 saturated heterocycles. The number of hydrogen-bond acceptors (Lipinski definition) is 6. The second-order valence-electron chi connectivity index (χ2n) is 8.77. The number of rotatable bonds is 6. The normalized spacial score (nSPS) is 17.3. The van der Waals surface area contributed by atoms with Gasteiger partial charge in [0, 0.05) is 55.5 Å². The molecule has 1 amide bonds. The summed E-state index contributed by atoms with van der Waals surface area (Å²) in [7, 11) is 3.33. The van der Waals surface area contributed by atoms with Crippen LogP contribution in [0.25, 0.3) is 10.9 Å². The lowest BCUT2D eigenvalue weighted by molar-refractivity contribution is 0.0957. The average molecular weight is 505 g/mol. The summed E-state index contributed by atoms with van der Waals surface area (Å²) in [5, 5.41) is 4.07. The maximum absolute atomic E-state index is 13.6. The average Bonchev–Trinajstić information content (AvgIpc) is 3.53. The number of benzene rings is 2. The maximum Gasteiger partial charge on any atom is 0.328 e. The Hall–Kier alpha value is -3.69. The largest absolute Gasteiger partial charge is 0.489 e. The van der Waals surface area contributed by atoms with Crippen LogP contribution in [0.15, 0.2) is 73.2 Å². The highest BCUT2D eigenvalue weighted by atomic mass is 32.2. The van der Waals surface area contributed by atoms with Crippen LogP contribution in [0.3, 0.4) is 0 Å². The van der Waals surface area contributed by atoms with Crippen molar-refractivity contribution in [2.75, 3.05) is 19.8 Å². The molecule has 0 spiro atoms. The first-order chi connectivity index (χ1) is 17.4. The predicted octanol–water partition coefficient (Wildman–Crippen LogP) is 4.87. The lowest BCUT2D eigenvalue weighted by Crippen LogP contribution is -2.34. The van der Waals surface area contributed by atoms with Crippen LogP contribution in [0.5, 0.6) is 5.75 Å². The van der Waals surface area contributed by atoms with Crippen LogP contribution in [0, 0.1) is 5.82 Å². The van der Waals surface area contributed by atoms with Gasteiger partial charge in [-0.2, -0.15) is 0 Å². The third-order valence-electron chi connectivity index (χ3n) is 6.04. The molecule has 36 heavy (non-hydrogen) atoms. The monoisotopic (exact) mass is 504 g/mol. The van der Waals surface area contributed by atoms with Crippen LogP contribution < -0.4 is 10.1 Å². The minimum Gasteiger partial charge on any atom is -0.489 e. The van der Waals surface area contributed by atoms with Crippen molar-refractivity contribution in [3.63, 3.8) is 0 Å². The van der Waals surface area contributed by atoms with E-state index in [0.29, 0.717) is 28.0 Å². The van der Waals surface area contributed by atoms with Gasteiger partial charge in [-0.1, -0.05) is 18.2 Å². The number of aromatic nitrogens is 2. The van der Waals surface area contributed by atoms with E-state index >= 15 is 0 Å². The first-order valence-electron chi connectivity index (χ1n) is 11.5. The highest BCUT2D eigenvalue weighted by Crippen LogP contribution is 2.35. The number of carbonyl (C=O) groups is 2. The minimum absolute atomic E-state index is 0.0177. The van der Waals surface area contributed by atoms with Gasteiger partial charge in [0.05, 0.1) is 16.9 Å². The van der Waals surface area contributed by atoms with Gasteiger partial charge in [-0.3, -0.25) is 19.7 Å². The number of ether oxygens (including phenoxy) is 1. The minimum atomic E-state index is -0.386. The first-order valence-corrected chi connectivity index (χ1v) is 12.5. The SMILES string of the molecule is CN(C)C(=O)n1cc(C(=O)C2CSC(c3cccnc3)N2)c2ccc(OCc3ccc(F)cc3)cc21. The Kier molecular flexibility index (Phi) is 6.75. The highest BCUT2D eigenvalue weighted by Gasteiger charge is 2.33. The standard InChI is InChI=1S/C27H25FN4O3S/c1-31(2)27(34)32-14-22(25(33)23-16-36-26(30-23)18-4-3-11-29-13-18)21-10-9-20(12-24(21)32)35-15-17-5-7-19(28)8-6-17/h3-14,23,26,30H,15-16H2,1-2H3. The van der Waals surface area contributed by atoms with Gasteiger partial charge in [0.25, 0.3) is 0 Å². The zero-order valence-corrected chi connectivity index (χ0v) is 20.7. The van der Waals surface area contributed by atoms with E-state index in [1.807, 2.05) is 18.2 Å². The van der Waals surface area contributed by atoms with Crippen LogP contribution in [0.1, 0.15) is 26.9 Å². The summed E-state index contributed by atoms with van der Waals surface area (Å²) >= 11 is 1.66. The second kappa shape index (κ2) is 10.1. The predicted molar refractivity (Wildman–Crippen MR) is 138 cm³/mol. The summed E-state index contributed by atoms with van der Waals surface area (Å²) in [6.07, 6.45) is 5.13. The Morgan fingerprint density at radius 3 is 2.72 bits per heavy atom. The molecule has 0 bridgehead atoms. The fourth-order valence-electron chi connectivity index (χ4n) is 4.15. The van der Waals surface area contributed by atoms with E-state index in [9.17, 15) is 14.0 Å². The molecule has 5 rings (SSSR count).